The molecule has 0 aromatic heterocycles. The van der Waals surface area contributed by atoms with Crippen LogP contribution in [0.25, 0.3) is 11.1 Å². The third-order valence-electron chi connectivity index (χ3n) is 5.57. The maximum Gasteiger partial charge on any atom is 0.284 e. The van der Waals surface area contributed by atoms with Crippen molar-refractivity contribution in [3.63, 3.8) is 0 Å². The van der Waals surface area contributed by atoms with Crippen molar-refractivity contribution in [1.29, 1.82) is 0 Å². The molecule has 0 saturated carbocycles. The van der Waals surface area contributed by atoms with E-state index in [0.717, 1.165) is 49.7 Å². The third kappa shape index (κ3) is 4.54. The van der Waals surface area contributed by atoms with Crippen LogP contribution in [0.4, 0.5) is 0 Å². The predicted octanol–water partition coefficient (Wildman–Crippen LogP) is 9.28. The van der Waals surface area contributed by atoms with Crippen LogP contribution in [0, 0.1) is 0 Å². The topological polar surface area (TPSA) is 18.5 Å². The molecule has 0 spiro atoms. The fourth-order valence-electron chi connectivity index (χ4n) is 4.46. The van der Waals surface area contributed by atoms with Crippen LogP contribution in [0.5, 0.6) is 11.5 Å². The van der Waals surface area contributed by atoms with Gasteiger partial charge >= 0.3 is 0 Å². The molecule has 0 atom stereocenters. The Labute approximate surface area is 187 Å². The summed E-state index contributed by atoms with van der Waals surface area (Å²) in [7, 11) is 0. The summed E-state index contributed by atoms with van der Waals surface area (Å²) in [5.74, 6) is 1.43. The molecular weight excluding hydrogens is 476 g/mol. The second-order valence-corrected chi connectivity index (χ2v) is 13.0. The molecule has 4 rings (SSSR count). The minimum Gasteiger partial charge on any atom is -0.444 e. The molecule has 2 nitrogen and oxygen atoms in total. The smallest absolute Gasteiger partial charge is 0.284 e. The first-order valence-electron chi connectivity index (χ1n) is 9.44. The Morgan fingerprint density at radius 2 is 0.964 bits per heavy atom. The van der Waals surface area contributed by atoms with Crippen molar-refractivity contribution in [1.82, 2.24) is 0 Å². The average Bonchev–Trinajstić information content (AvgIpc) is 2.67. The van der Waals surface area contributed by atoms with E-state index in [1.165, 1.54) is 35.1 Å². The van der Waals surface area contributed by atoms with Crippen molar-refractivity contribution < 1.29 is 9.05 Å². The highest BCUT2D eigenvalue weighted by Crippen LogP contribution is 2.56. The molecule has 0 N–H and O–H groups in total. The monoisotopic (exact) mass is 494 g/mol. The molecule has 8 heteroatoms. The van der Waals surface area contributed by atoms with Crippen LogP contribution in [0.3, 0.4) is 0 Å². The van der Waals surface area contributed by atoms with Crippen molar-refractivity contribution >= 4 is 58.7 Å². The van der Waals surface area contributed by atoms with E-state index in [1.807, 2.05) is 12.1 Å². The summed E-state index contributed by atoms with van der Waals surface area (Å²) in [4.78, 5) is 0. The summed E-state index contributed by atoms with van der Waals surface area (Å²) < 4.78 is 11.8. The largest absolute Gasteiger partial charge is 0.444 e. The van der Waals surface area contributed by atoms with Crippen LogP contribution in [-0.2, 0) is 25.7 Å². The van der Waals surface area contributed by atoms with Gasteiger partial charge in [0.1, 0.15) is 11.5 Å². The number of hydrogen-bond acceptors (Lipinski definition) is 2. The first-order chi connectivity index (χ1) is 13.5. The molecule has 0 aliphatic heterocycles. The summed E-state index contributed by atoms with van der Waals surface area (Å²) in [5.41, 5.74) is 7.47. The molecule has 2 aromatic carbocycles. The summed E-state index contributed by atoms with van der Waals surface area (Å²) in [6.07, 6.45) is 8.87. The molecule has 2 aromatic rings. The molecule has 0 bridgehead atoms. The van der Waals surface area contributed by atoms with Crippen LogP contribution in [0.1, 0.15) is 47.9 Å². The lowest BCUT2D eigenvalue weighted by molar-refractivity contribution is 0.616. The third-order valence-corrected chi connectivity index (χ3v) is 7.07. The van der Waals surface area contributed by atoms with Crippen LogP contribution in [0.15, 0.2) is 24.3 Å². The van der Waals surface area contributed by atoms with E-state index in [4.69, 9.17) is 54.0 Å². The number of fused-ring (bicyclic) bond motifs is 2. The summed E-state index contributed by atoms with van der Waals surface area (Å²) >= 11 is 24.2. The standard InChI is InChI=1S/C20H20Cl4O2P2/c21-27(22)25-17-11-9-13-5-1-3-7-15(13)19(17)20-16-8-4-2-6-14(16)10-12-18(20)26-28(23)24/h9-12H,1-8H2. The molecular formula is C20H20Cl4O2P2. The predicted molar refractivity (Wildman–Crippen MR) is 124 cm³/mol. The number of aryl methyl sites for hydroxylation is 2. The SMILES string of the molecule is ClP(Cl)Oc1ccc2c(c1-c1c(OP(Cl)Cl)ccc3c1CCCC3)CCCC2. The van der Waals surface area contributed by atoms with Gasteiger partial charge in [0.2, 0.25) is 0 Å². The lowest BCUT2D eigenvalue weighted by Crippen LogP contribution is -2.10. The molecule has 150 valence electrons. The molecule has 28 heavy (non-hydrogen) atoms. The minimum absolute atomic E-state index is 0.717. The Hall–Kier alpha value is 0.0600. The molecule has 0 unspecified atom stereocenters. The van der Waals surface area contributed by atoms with E-state index in [9.17, 15) is 0 Å². The minimum atomic E-state index is -1.58. The first kappa shape index (κ1) is 21.3. The zero-order chi connectivity index (χ0) is 19.7. The van der Waals surface area contributed by atoms with Gasteiger partial charge in [-0.05, 0) is 131 Å². The molecule has 2 aliphatic rings. The second kappa shape index (κ2) is 9.47. The van der Waals surface area contributed by atoms with Gasteiger partial charge in [0.05, 0.1) is 0 Å². The van der Waals surface area contributed by atoms with Gasteiger partial charge in [0, 0.05) is 11.1 Å². The average molecular weight is 496 g/mol. The van der Waals surface area contributed by atoms with Gasteiger partial charge in [-0.1, -0.05) is 12.1 Å². The van der Waals surface area contributed by atoms with Gasteiger partial charge in [-0.2, -0.15) is 0 Å². The Balaban J connectivity index is 1.99. The second-order valence-electron chi connectivity index (χ2n) is 7.15. The van der Waals surface area contributed by atoms with Crippen molar-refractivity contribution in [2.75, 3.05) is 0 Å². The van der Waals surface area contributed by atoms with Crippen LogP contribution >= 0.6 is 58.7 Å². The number of benzene rings is 2. The Morgan fingerprint density at radius 1 is 0.571 bits per heavy atom. The van der Waals surface area contributed by atoms with Gasteiger partial charge in [0.15, 0.2) is 0 Å². The van der Waals surface area contributed by atoms with Gasteiger partial charge in [-0.15, -0.1) is 0 Å². The summed E-state index contributed by atoms with van der Waals surface area (Å²) in [5, 5.41) is 0. The van der Waals surface area contributed by atoms with Crippen molar-refractivity contribution in [2.45, 2.75) is 51.4 Å². The molecule has 0 amide bonds. The van der Waals surface area contributed by atoms with Crippen molar-refractivity contribution in [2.24, 2.45) is 0 Å². The number of rotatable bonds is 5. The zero-order valence-corrected chi connectivity index (χ0v) is 20.0. The molecule has 2 aliphatic carbocycles. The van der Waals surface area contributed by atoms with E-state index in [2.05, 4.69) is 12.1 Å². The van der Waals surface area contributed by atoms with E-state index >= 15 is 0 Å². The van der Waals surface area contributed by atoms with E-state index in [1.54, 1.807) is 0 Å². The molecule has 0 fully saturated rings. The maximum atomic E-state index is 6.06. The van der Waals surface area contributed by atoms with Crippen LogP contribution < -0.4 is 9.05 Å². The van der Waals surface area contributed by atoms with Gasteiger partial charge in [-0.25, -0.2) is 0 Å². The molecule has 0 radical (unpaired) electrons. The zero-order valence-electron chi connectivity index (χ0n) is 15.2. The summed E-state index contributed by atoms with van der Waals surface area (Å²) in [6.45, 7) is -3.16. The van der Waals surface area contributed by atoms with E-state index in [0.29, 0.717) is 11.5 Å². The Morgan fingerprint density at radius 3 is 1.36 bits per heavy atom. The Kier molecular flexibility index (Phi) is 7.20. The summed E-state index contributed by atoms with van der Waals surface area (Å²) in [6, 6.07) is 8.28. The van der Waals surface area contributed by atoms with Crippen LogP contribution in [-0.4, -0.2) is 0 Å². The van der Waals surface area contributed by atoms with Gasteiger partial charge in [-0.3, -0.25) is 0 Å². The van der Waals surface area contributed by atoms with Crippen LogP contribution in [0.2, 0.25) is 0 Å². The van der Waals surface area contributed by atoms with E-state index < -0.39 is 13.7 Å². The lowest BCUT2D eigenvalue weighted by Gasteiger charge is -2.28. The van der Waals surface area contributed by atoms with Gasteiger partial charge < -0.3 is 9.05 Å². The molecule has 0 saturated heterocycles. The Bertz CT molecular complexity index is 802. The quantitative estimate of drug-likeness (QED) is 0.384. The lowest BCUT2D eigenvalue weighted by atomic mass is 9.80. The van der Waals surface area contributed by atoms with Crippen molar-refractivity contribution in [3.8, 4) is 22.6 Å². The maximum absolute atomic E-state index is 6.06. The van der Waals surface area contributed by atoms with E-state index in [-0.39, 0.29) is 0 Å². The fourth-order valence-corrected chi connectivity index (χ4v) is 5.96. The van der Waals surface area contributed by atoms with Crippen molar-refractivity contribution in [3.05, 3.63) is 46.5 Å². The highest BCUT2D eigenvalue weighted by molar-refractivity contribution is 8.01. The first-order valence-corrected chi connectivity index (χ1v) is 15.6. The fraction of sp³-hybridized carbons (Fsp3) is 0.400. The highest BCUT2D eigenvalue weighted by atomic mass is 35.9. The highest BCUT2D eigenvalue weighted by Gasteiger charge is 2.27. The van der Waals surface area contributed by atoms with Gasteiger partial charge in [0.25, 0.3) is 13.7 Å². The molecule has 0 heterocycles. The normalized spacial score (nSPS) is 16.1. The number of hydrogen-bond donors (Lipinski definition) is 0. The number of halogens is 4.